The van der Waals surface area contributed by atoms with E-state index in [-0.39, 0.29) is 24.9 Å². The third-order valence-corrected chi connectivity index (χ3v) is 4.43. The molecule has 0 aromatic rings. The van der Waals surface area contributed by atoms with Crippen LogP contribution in [0.25, 0.3) is 0 Å². The molecule has 2 rings (SSSR count). The van der Waals surface area contributed by atoms with Crippen molar-refractivity contribution >= 4 is 17.6 Å². The van der Waals surface area contributed by atoms with E-state index in [2.05, 4.69) is 5.16 Å². The van der Waals surface area contributed by atoms with E-state index in [0.29, 0.717) is 19.4 Å². The zero-order chi connectivity index (χ0) is 15.5. The molecule has 1 unspecified atom stereocenters. The van der Waals surface area contributed by atoms with Crippen LogP contribution in [0.2, 0.25) is 0 Å². The second-order valence-electron chi connectivity index (χ2n) is 5.62. The molecule has 1 heterocycles. The van der Waals surface area contributed by atoms with Gasteiger partial charge in [-0.15, -0.1) is 0 Å². The van der Waals surface area contributed by atoms with Crippen LogP contribution in [0.5, 0.6) is 0 Å². The predicted molar refractivity (Wildman–Crippen MR) is 74.4 cm³/mol. The highest BCUT2D eigenvalue weighted by molar-refractivity contribution is 6.07. The smallest absolute Gasteiger partial charge is 0.242 e. The molecule has 1 saturated heterocycles. The van der Waals surface area contributed by atoms with Crippen LogP contribution >= 0.6 is 0 Å². The summed E-state index contributed by atoms with van der Waals surface area (Å²) in [7, 11) is 0. The zero-order valence-electron chi connectivity index (χ0n) is 12.0. The molecular formula is C13H22N4O4. The maximum atomic E-state index is 13.0. The van der Waals surface area contributed by atoms with Gasteiger partial charge in [0.2, 0.25) is 11.8 Å². The van der Waals surface area contributed by atoms with Crippen LogP contribution in [0.15, 0.2) is 5.16 Å². The molecule has 2 amide bonds. The number of oxime groups is 1. The number of carbonyl (C=O) groups excluding carboxylic acids is 2. The second kappa shape index (κ2) is 6.30. The Morgan fingerprint density at radius 2 is 1.90 bits per heavy atom. The summed E-state index contributed by atoms with van der Waals surface area (Å²) in [6, 6.07) is -0.795. The molecule has 8 heteroatoms. The van der Waals surface area contributed by atoms with Crippen molar-refractivity contribution in [3.05, 3.63) is 0 Å². The summed E-state index contributed by atoms with van der Waals surface area (Å²) in [6.45, 7) is 0.724. The summed E-state index contributed by atoms with van der Waals surface area (Å²) in [5.74, 6) is -0.972. The van der Waals surface area contributed by atoms with E-state index in [1.807, 2.05) is 0 Å². The first-order valence-corrected chi connectivity index (χ1v) is 7.19. The van der Waals surface area contributed by atoms with Crippen molar-refractivity contribution in [1.82, 2.24) is 4.90 Å². The normalized spacial score (nSPS) is 26.4. The highest BCUT2D eigenvalue weighted by Crippen LogP contribution is 2.39. The first-order chi connectivity index (χ1) is 10.0. The van der Waals surface area contributed by atoms with Crippen LogP contribution in [-0.4, -0.2) is 53.6 Å². The maximum Gasteiger partial charge on any atom is 0.242 e. The molecule has 0 aromatic carbocycles. The van der Waals surface area contributed by atoms with Crippen molar-refractivity contribution in [2.75, 3.05) is 19.8 Å². The average Bonchev–Trinajstić information content (AvgIpc) is 2.53. The third kappa shape index (κ3) is 2.80. The predicted octanol–water partition coefficient (Wildman–Crippen LogP) is -0.604. The van der Waals surface area contributed by atoms with E-state index >= 15 is 0 Å². The van der Waals surface area contributed by atoms with Gasteiger partial charge >= 0.3 is 0 Å². The van der Waals surface area contributed by atoms with Crippen LogP contribution in [0, 0.1) is 5.41 Å². The van der Waals surface area contributed by atoms with Gasteiger partial charge in [-0.1, -0.05) is 24.4 Å². The zero-order valence-corrected chi connectivity index (χ0v) is 12.0. The van der Waals surface area contributed by atoms with Crippen molar-refractivity contribution < 1.29 is 19.5 Å². The Morgan fingerprint density at radius 3 is 2.48 bits per heavy atom. The number of carbonyl (C=O) groups is 2. The van der Waals surface area contributed by atoms with Crippen LogP contribution in [0.3, 0.4) is 0 Å². The largest absolute Gasteiger partial charge is 0.409 e. The van der Waals surface area contributed by atoms with Crippen molar-refractivity contribution in [1.29, 1.82) is 0 Å². The van der Waals surface area contributed by atoms with Crippen molar-refractivity contribution in [3.63, 3.8) is 0 Å². The second-order valence-corrected chi connectivity index (χ2v) is 5.62. The lowest BCUT2D eigenvalue weighted by Crippen LogP contribution is -2.61. The number of amides is 2. The van der Waals surface area contributed by atoms with Crippen LogP contribution in [0.1, 0.15) is 32.1 Å². The van der Waals surface area contributed by atoms with Crippen LogP contribution in [0.4, 0.5) is 0 Å². The molecule has 1 aliphatic heterocycles. The van der Waals surface area contributed by atoms with E-state index < -0.39 is 17.4 Å². The molecule has 21 heavy (non-hydrogen) atoms. The number of hydrogen-bond donors (Lipinski definition) is 3. The summed E-state index contributed by atoms with van der Waals surface area (Å²) < 4.78 is 5.23. The third-order valence-electron chi connectivity index (χ3n) is 4.43. The lowest BCUT2D eigenvalue weighted by atomic mass is 9.71. The lowest BCUT2D eigenvalue weighted by molar-refractivity contribution is -0.154. The van der Waals surface area contributed by atoms with E-state index in [1.165, 1.54) is 4.90 Å². The minimum Gasteiger partial charge on any atom is -0.409 e. The fraction of sp³-hybridized carbons (Fsp3) is 0.769. The number of amidine groups is 1. The van der Waals surface area contributed by atoms with Gasteiger partial charge in [0.15, 0.2) is 5.84 Å². The summed E-state index contributed by atoms with van der Waals surface area (Å²) in [6.07, 6.45) is 3.70. The number of rotatable bonds is 3. The molecule has 1 aliphatic carbocycles. The Labute approximate surface area is 123 Å². The highest BCUT2D eigenvalue weighted by atomic mass is 16.5. The number of hydrogen-bond acceptors (Lipinski definition) is 5. The number of ether oxygens (including phenoxy) is 1. The molecule has 0 radical (unpaired) electrons. The molecule has 1 saturated carbocycles. The van der Waals surface area contributed by atoms with Crippen molar-refractivity contribution in [3.8, 4) is 0 Å². The van der Waals surface area contributed by atoms with Gasteiger partial charge in [0.1, 0.15) is 11.5 Å². The quantitative estimate of drug-likeness (QED) is 0.277. The monoisotopic (exact) mass is 298 g/mol. The highest BCUT2D eigenvalue weighted by Gasteiger charge is 2.48. The number of nitrogens with two attached hydrogens (primary N) is 2. The molecule has 2 aliphatic rings. The van der Waals surface area contributed by atoms with Gasteiger partial charge in [0.05, 0.1) is 13.2 Å². The SMILES string of the molecule is NC(=O)C1COCCN1C(=O)C1(C(N)=NO)CCCCC1. The molecule has 8 nitrogen and oxygen atoms in total. The molecule has 118 valence electrons. The standard InChI is InChI=1S/C13H22N4O4/c14-10(18)9-8-21-7-6-17(9)12(19)13(11(15)16-20)4-2-1-3-5-13/h9,20H,1-8H2,(H2,14,18)(H2,15,16). The average molecular weight is 298 g/mol. The van der Waals surface area contributed by atoms with E-state index in [4.69, 9.17) is 21.4 Å². The minimum atomic E-state index is -1.03. The Balaban J connectivity index is 2.30. The molecule has 0 spiro atoms. The Bertz CT molecular complexity index is 445. The molecule has 0 aromatic heterocycles. The van der Waals surface area contributed by atoms with Gasteiger partial charge in [-0.25, -0.2) is 0 Å². The Kier molecular flexibility index (Phi) is 4.66. The summed E-state index contributed by atoms with van der Waals surface area (Å²) in [4.78, 5) is 25.9. The molecule has 1 atom stereocenters. The van der Waals surface area contributed by atoms with Gasteiger partial charge in [-0.3, -0.25) is 9.59 Å². The summed E-state index contributed by atoms with van der Waals surface area (Å²) >= 11 is 0. The molecular weight excluding hydrogens is 276 g/mol. The molecule has 2 fully saturated rings. The van der Waals surface area contributed by atoms with Gasteiger partial charge < -0.3 is 26.3 Å². The number of nitrogens with zero attached hydrogens (tertiary/aromatic N) is 2. The lowest BCUT2D eigenvalue weighted by Gasteiger charge is -2.42. The van der Waals surface area contributed by atoms with Crippen molar-refractivity contribution in [2.45, 2.75) is 38.1 Å². The van der Waals surface area contributed by atoms with E-state index in [0.717, 1.165) is 19.3 Å². The summed E-state index contributed by atoms with van der Waals surface area (Å²) in [5.41, 5.74) is 10.1. The number of morpholine rings is 1. The number of primary amides is 1. The summed E-state index contributed by atoms with van der Waals surface area (Å²) in [5, 5.41) is 12.1. The fourth-order valence-corrected chi connectivity index (χ4v) is 3.19. The molecule has 0 bridgehead atoms. The Morgan fingerprint density at radius 1 is 1.24 bits per heavy atom. The molecule has 5 N–H and O–H groups in total. The topological polar surface area (TPSA) is 131 Å². The van der Waals surface area contributed by atoms with Crippen LogP contribution in [-0.2, 0) is 14.3 Å². The fourth-order valence-electron chi connectivity index (χ4n) is 3.19. The van der Waals surface area contributed by atoms with Gasteiger partial charge in [0, 0.05) is 6.54 Å². The minimum absolute atomic E-state index is 0.0816. The van der Waals surface area contributed by atoms with Crippen LogP contribution < -0.4 is 11.5 Å². The first kappa shape index (κ1) is 15.6. The van der Waals surface area contributed by atoms with Gasteiger partial charge in [-0.05, 0) is 12.8 Å². The van der Waals surface area contributed by atoms with E-state index in [9.17, 15) is 9.59 Å². The van der Waals surface area contributed by atoms with Crippen molar-refractivity contribution in [2.24, 2.45) is 22.0 Å². The maximum absolute atomic E-state index is 13.0. The van der Waals surface area contributed by atoms with E-state index in [1.54, 1.807) is 0 Å². The van der Waals surface area contributed by atoms with Gasteiger partial charge in [-0.2, -0.15) is 0 Å². The van der Waals surface area contributed by atoms with Gasteiger partial charge in [0.25, 0.3) is 0 Å². The Hall–Kier alpha value is -1.83. The first-order valence-electron chi connectivity index (χ1n) is 7.19.